The molecule has 0 unspecified atom stereocenters. The quantitative estimate of drug-likeness (QED) is 0.364. The molecule has 0 aliphatic heterocycles. The van der Waals surface area contributed by atoms with E-state index in [0.717, 1.165) is 23.2 Å². The molecular formula is C21H15F6N9O. The number of nitrogens with one attached hydrogen (secondary N) is 1. The van der Waals surface area contributed by atoms with Crippen LogP contribution in [0.3, 0.4) is 0 Å². The number of likely N-dealkylation sites (N-methyl/N-ethyl adjacent to an activating group) is 1. The molecule has 4 aromatic rings. The number of fused-ring (bicyclic) bond motifs is 1. The van der Waals surface area contributed by atoms with Gasteiger partial charge in [0.15, 0.2) is 11.5 Å². The summed E-state index contributed by atoms with van der Waals surface area (Å²) in [5.41, 5.74) is 2.37. The van der Waals surface area contributed by atoms with Crippen LogP contribution in [0.15, 0.2) is 42.9 Å². The van der Waals surface area contributed by atoms with Gasteiger partial charge in [0.05, 0.1) is 29.6 Å². The predicted octanol–water partition coefficient (Wildman–Crippen LogP) is 3.58. The van der Waals surface area contributed by atoms with E-state index in [-0.39, 0.29) is 40.7 Å². The molecule has 0 spiro atoms. The second-order valence-electron chi connectivity index (χ2n) is 7.63. The largest absolute Gasteiger partial charge is 0.418 e. The SMILES string of the molecule is CN(CC(N)=O)c1cc(C(F)(F)F)c(-c2cnc3c(Nc4ccc(C(F)(F)F)cn4)ccnc3n2)nn1. The number of alkyl halides is 6. The number of nitrogens with two attached hydrogens (primary N) is 1. The average molecular weight is 523 g/mol. The standard InChI is InChI=1S/C21H15F6N9O/c1-36(9-14(28)37)16-6-11(21(25,26)27)17(35-34-16)13-8-31-18-12(4-5-29-19(18)33-13)32-15-3-2-10(7-30-15)20(22,23)24/h2-8H,9H2,1H3,(H2,28,37)(H,29,30,32,33). The lowest BCUT2D eigenvalue weighted by Gasteiger charge is -2.18. The zero-order valence-electron chi connectivity index (χ0n) is 18.6. The van der Waals surface area contributed by atoms with Gasteiger partial charge in [-0.1, -0.05) is 0 Å². The van der Waals surface area contributed by atoms with Gasteiger partial charge < -0.3 is 16.0 Å². The van der Waals surface area contributed by atoms with Crippen LogP contribution in [-0.2, 0) is 17.1 Å². The molecule has 0 atom stereocenters. The number of anilines is 3. The van der Waals surface area contributed by atoms with Crippen LogP contribution >= 0.6 is 0 Å². The fourth-order valence-electron chi connectivity index (χ4n) is 3.20. The van der Waals surface area contributed by atoms with Crippen molar-refractivity contribution in [3.63, 3.8) is 0 Å². The van der Waals surface area contributed by atoms with E-state index in [2.05, 4.69) is 35.5 Å². The number of hydrogen-bond acceptors (Lipinski definition) is 9. The Kier molecular flexibility index (Phi) is 6.49. The number of carbonyl (C=O) groups is 1. The number of amides is 1. The molecule has 4 rings (SSSR count). The second kappa shape index (κ2) is 9.44. The highest BCUT2D eigenvalue weighted by molar-refractivity contribution is 5.87. The third-order valence-electron chi connectivity index (χ3n) is 4.91. The summed E-state index contributed by atoms with van der Waals surface area (Å²) in [6, 6.07) is 4.10. The Labute approximate surface area is 203 Å². The van der Waals surface area contributed by atoms with Gasteiger partial charge in [-0.25, -0.2) is 19.9 Å². The molecule has 16 heteroatoms. The minimum Gasteiger partial charge on any atom is -0.368 e. The van der Waals surface area contributed by atoms with E-state index >= 15 is 0 Å². The van der Waals surface area contributed by atoms with Gasteiger partial charge >= 0.3 is 12.4 Å². The Morgan fingerprint density at radius 2 is 1.76 bits per heavy atom. The van der Waals surface area contributed by atoms with Crippen molar-refractivity contribution in [1.82, 2.24) is 30.1 Å². The zero-order chi connectivity index (χ0) is 27.0. The van der Waals surface area contributed by atoms with Crippen LogP contribution in [0.1, 0.15) is 11.1 Å². The van der Waals surface area contributed by atoms with Crippen molar-refractivity contribution >= 4 is 34.4 Å². The summed E-state index contributed by atoms with van der Waals surface area (Å²) >= 11 is 0. The van der Waals surface area contributed by atoms with Crippen molar-refractivity contribution in [2.24, 2.45) is 5.73 Å². The highest BCUT2D eigenvalue weighted by atomic mass is 19.4. The van der Waals surface area contributed by atoms with Gasteiger partial charge in [-0.15, -0.1) is 10.2 Å². The van der Waals surface area contributed by atoms with Gasteiger partial charge in [0.25, 0.3) is 0 Å². The lowest BCUT2D eigenvalue weighted by Crippen LogP contribution is -2.31. The molecule has 0 aliphatic rings. The number of aromatic nitrogens is 6. The van der Waals surface area contributed by atoms with Crippen molar-refractivity contribution in [2.75, 3.05) is 23.8 Å². The molecule has 0 aliphatic carbocycles. The fraction of sp³-hybridized carbons (Fsp3) is 0.190. The molecule has 3 N–H and O–H groups in total. The van der Waals surface area contributed by atoms with Crippen molar-refractivity contribution in [3.05, 3.63) is 54.0 Å². The maximum Gasteiger partial charge on any atom is 0.418 e. The Morgan fingerprint density at radius 3 is 2.38 bits per heavy atom. The molecule has 0 aromatic carbocycles. The average Bonchev–Trinajstić information content (AvgIpc) is 2.82. The first-order valence-corrected chi connectivity index (χ1v) is 10.2. The molecule has 1 amide bonds. The van der Waals surface area contributed by atoms with Crippen LogP contribution < -0.4 is 16.0 Å². The minimum absolute atomic E-state index is 0.0623. The summed E-state index contributed by atoms with van der Waals surface area (Å²) in [4.78, 5) is 28.2. The van der Waals surface area contributed by atoms with Crippen LogP contribution in [0.4, 0.5) is 43.7 Å². The first-order valence-electron chi connectivity index (χ1n) is 10.2. The van der Waals surface area contributed by atoms with Crippen LogP contribution in [0.5, 0.6) is 0 Å². The third kappa shape index (κ3) is 5.62. The van der Waals surface area contributed by atoms with Crippen molar-refractivity contribution in [2.45, 2.75) is 12.4 Å². The maximum atomic E-state index is 13.8. The van der Waals surface area contributed by atoms with Crippen LogP contribution in [0, 0.1) is 0 Å². The number of pyridine rings is 2. The van der Waals surface area contributed by atoms with E-state index in [1.807, 2.05) is 0 Å². The second-order valence-corrected chi connectivity index (χ2v) is 7.63. The summed E-state index contributed by atoms with van der Waals surface area (Å²) in [7, 11) is 1.33. The lowest BCUT2D eigenvalue weighted by molar-refractivity contribution is -0.138. The Hall–Kier alpha value is -4.63. The molecule has 0 bridgehead atoms. The summed E-state index contributed by atoms with van der Waals surface area (Å²) in [6.45, 7) is -0.380. The summed E-state index contributed by atoms with van der Waals surface area (Å²) < 4.78 is 79.8. The van der Waals surface area contributed by atoms with Crippen molar-refractivity contribution < 1.29 is 31.1 Å². The lowest BCUT2D eigenvalue weighted by atomic mass is 10.1. The molecule has 0 saturated heterocycles. The number of carbonyl (C=O) groups excluding carboxylic acids is 1. The first kappa shape index (κ1) is 25.5. The first-order chi connectivity index (χ1) is 17.3. The summed E-state index contributed by atoms with van der Waals surface area (Å²) in [6.07, 6.45) is -6.44. The topological polar surface area (TPSA) is 136 Å². The maximum absolute atomic E-state index is 13.8. The highest BCUT2D eigenvalue weighted by Gasteiger charge is 2.36. The Bertz CT molecular complexity index is 1460. The number of hydrogen-bond donors (Lipinski definition) is 2. The van der Waals surface area contributed by atoms with Gasteiger partial charge in [-0.3, -0.25) is 4.79 Å². The minimum atomic E-state index is -4.85. The van der Waals surface area contributed by atoms with Gasteiger partial charge in [-0.2, -0.15) is 26.3 Å². The van der Waals surface area contributed by atoms with Crippen molar-refractivity contribution in [3.8, 4) is 11.4 Å². The van der Waals surface area contributed by atoms with Crippen LogP contribution in [0.2, 0.25) is 0 Å². The van der Waals surface area contributed by atoms with E-state index in [9.17, 15) is 31.1 Å². The number of rotatable bonds is 6. The van der Waals surface area contributed by atoms with Gasteiger partial charge in [0.2, 0.25) is 5.91 Å². The highest BCUT2D eigenvalue weighted by Crippen LogP contribution is 2.37. The number of nitrogens with zero attached hydrogens (tertiary/aromatic N) is 7. The van der Waals surface area contributed by atoms with E-state index in [4.69, 9.17) is 5.73 Å². The molecule has 0 saturated carbocycles. The molecule has 0 radical (unpaired) electrons. The van der Waals surface area contributed by atoms with E-state index in [1.165, 1.54) is 19.3 Å². The summed E-state index contributed by atoms with van der Waals surface area (Å²) in [5, 5.41) is 10.2. The van der Waals surface area contributed by atoms with Crippen LogP contribution in [-0.4, -0.2) is 49.6 Å². The van der Waals surface area contributed by atoms with Gasteiger partial charge in [0.1, 0.15) is 22.7 Å². The molecule has 37 heavy (non-hydrogen) atoms. The summed E-state index contributed by atoms with van der Waals surface area (Å²) in [5.74, 6) is -0.950. The predicted molar refractivity (Wildman–Crippen MR) is 118 cm³/mol. The van der Waals surface area contributed by atoms with E-state index < -0.39 is 35.1 Å². The molecule has 192 valence electrons. The van der Waals surface area contributed by atoms with Gasteiger partial charge in [0, 0.05) is 19.4 Å². The van der Waals surface area contributed by atoms with Gasteiger partial charge in [-0.05, 0) is 24.3 Å². The number of halogens is 6. The zero-order valence-corrected chi connectivity index (χ0v) is 18.6. The van der Waals surface area contributed by atoms with E-state index in [0.29, 0.717) is 12.3 Å². The normalized spacial score (nSPS) is 12.0. The van der Waals surface area contributed by atoms with E-state index in [1.54, 1.807) is 0 Å². The number of primary amides is 1. The molecular weight excluding hydrogens is 508 g/mol. The smallest absolute Gasteiger partial charge is 0.368 e. The Morgan fingerprint density at radius 1 is 1.00 bits per heavy atom. The van der Waals surface area contributed by atoms with Crippen LogP contribution in [0.25, 0.3) is 22.6 Å². The molecule has 0 fully saturated rings. The Balaban J connectivity index is 1.70. The third-order valence-corrected chi connectivity index (χ3v) is 4.91. The molecule has 10 nitrogen and oxygen atoms in total. The monoisotopic (exact) mass is 523 g/mol. The van der Waals surface area contributed by atoms with Crippen molar-refractivity contribution in [1.29, 1.82) is 0 Å². The fourth-order valence-corrected chi connectivity index (χ4v) is 3.20. The molecule has 4 heterocycles. The molecule has 4 aromatic heterocycles.